The lowest BCUT2D eigenvalue weighted by atomic mass is 9.96. The SMILES string of the molecule is CCCC(N)C(=O)N1CCc2sccc2C1CC. The summed E-state index contributed by atoms with van der Waals surface area (Å²) in [5, 5.41) is 2.13. The molecule has 2 unspecified atom stereocenters. The highest BCUT2D eigenvalue weighted by Crippen LogP contribution is 2.35. The number of rotatable bonds is 4. The summed E-state index contributed by atoms with van der Waals surface area (Å²) in [5.41, 5.74) is 7.32. The number of amides is 1. The zero-order chi connectivity index (χ0) is 13.1. The second-order valence-electron chi connectivity index (χ2n) is 4.90. The number of hydrogen-bond donors (Lipinski definition) is 1. The minimum atomic E-state index is -0.329. The Kier molecular flexibility index (Phi) is 4.40. The van der Waals surface area contributed by atoms with Gasteiger partial charge in [0.2, 0.25) is 5.91 Å². The normalized spacial score (nSPS) is 20.6. The average Bonchev–Trinajstić information content (AvgIpc) is 2.85. The van der Waals surface area contributed by atoms with Crippen molar-refractivity contribution >= 4 is 17.2 Å². The number of carbonyl (C=O) groups excluding carboxylic acids is 1. The molecule has 1 aliphatic heterocycles. The van der Waals surface area contributed by atoms with Gasteiger partial charge in [0.15, 0.2) is 0 Å². The average molecular weight is 266 g/mol. The molecule has 4 heteroatoms. The van der Waals surface area contributed by atoms with E-state index in [1.165, 1.54) is 10.4 Å². The van der Waals surface area contributed by atoms with Crippen LogP contribution < -0.4 is 5.73 Å². The van der Waals surface area contributed by atoms with Gasteiger partial charge in [-0.3, -0.25) is 4.79 Å². The van der Waals surface area contributed by atoms with Crippen LogP contribution in [0.3, 0.4) is 0 Å². The predicted molar refractivity (Wildman–Crippen MR) is 75.7 cm³/mol. The molecule has 0 aliphatic carbocycles. The van der Waals surface area contributed by atoms with Gasteiger partial charge >= 0.3 is 0 Å². The zero-order valence-electron chi connectivity index (χ0n) is 11.2. The van der Waals surface area contributed by atoms with E-state index in [1.54, 1.807) is 0 Å². The minimum absolute atomic E-state index is 0.126. The molecule has 2 heterocycles. The summed E-state index contributed by atoms with van der Waals surface area (Å²) in [6.45, 7) is 5.03. The molecule has 2 rings (SSSR count). The molecule has 0 saturated heterocycles. The quantitative estimate of drug-likeness (QED) is 0.911. The first kappa shape index (κ1) is 13.6. The highest BCUT2D eigenvalue weighted by molar-refractivity contribution is 7.10. The van der Waals surface area contributed by atoms with E-state index in [0.717, 1.165) is 32.2 Å². The summed E-state index contributed by atoms with van der Waals surface area (Å²) in [5.74, 6) is 0.126. The summed E-state index contributed by atoms with van der Waals surface area (Å²) >= 11 is 1.81. The van der Waals surface area contributed by atoms with E-state index in [9.17, 15) is 4.79 Å². The maximum Gasteiger partial charge on any atom is 0.240 e. The molecule has 1 aromatic rings. The van der Waals surface area contributed by atoms with Crippen molar-refractivity contribution in [2.75, 3.05) is 6.54 Å². The van der Waals surface area contributed by atoms with E-state index < -0.39 is 0 Å². The van der Waals surface area contributed by atoms with Gasteiger partial charge in [0.05, 0.1) is 12.1 Å². The molecular weight excluding hydrogens is 244 g/mol. The van der Waals surface area contributed by atoms with Crippen molar-refractivity contribution in [3.63, 3.8) is 0 Å². The third kappa shape index (κ3) is 2.45. The fourth-order valence-corrected chi connectivity index (χ4v) is 3.68. The molecule has 0 saturated carbocycles. The van der Waals surface area contributed by atoms with Crippen LogP contribution in [0.25, 0.3) is 0 Å². The van der Waals surface area contributed by atoms with Crippen molar-refractivity contribution in [2.24, 2.45) is 5.73 Å². The first-order chi connectivity index (χ1) is 8.69. The van der Waals surface area contributed by atoms with E-state index in [2.05, 4.69) is 25.3 Å². The lowest BCUT2D eigenvalue weighted by molar-refractivity contribution is -0.135. The number of hydrogen-bond acceptors (Lipinski definition) is 3. The number of thiophene rings is 1. The van der Waals surface area contributed by atoms with Gasteiger partial charge in [-0.2, -0.15) is 0 Å². The fraction of sp³-hybridized carbons (Fsp3) is 0.643. The van der Waals surface area contributed by atoms with Crippen molar-refractivity contribution in [3.05, 3.63) is 21.9 Å². The van der Waals surface area contributed by atoms with Crippen LogP contribution in [-0.2, 0) is 11.2 Å². The molecule has 1 amide bonds. The van der Waals surface area contributed by atoms with Crippen LogP contribution >= 0.6 is 11.3 Å². The van der Waals surface area contributed by atoms with Gasteiger partial charge in [-0.1, -0.05) is 20.3 Å². The molecule has 1 aliphatic rings. The predicted octanol–water partition coefficient (Wildman–Crippen LogP) is 2.71. The topological polar surface area (TPSA) is 46.3 Å². The largest absolute Gasteiger partial charge is 0.334 e. The maximum absolute atomic E-state index is 12.4. The summed E-state index contributed by atoms with van der Waals surface area (Å²) in [6.07, 6.45) is 3.69. The van der Waals surface area contributed by atoms with Crippen molar-refractivity contribution in [1.29, 1.82) is 0 Å². The Morgan fingerprint density at radius 2 is 2.39 bits per heavy atom. The first-order valence-corrected chi connectivity index (χ1v) is 7.69. The van der Waals surface area contributed by atoms with Gasteiger partial charge in [-0.15, -0.1) is 11.3 Å². The van der Waals surface area contributed by atoms with Crippen LogP contribution in [0.15, 0.2) is 11.4 Å². The van der Waals surface area contributed by atoms with Crippen LogP contribution in [-0.4, -0.2) is 23.4 Å². The molecule has 1 aromatic heterocycles. The highest BCUT2D eigenvalue weighted by atomic mass is 32.1. The molecule has 0 aromatic carbocycles. The molecule has 100 valence electrons. The number of nitrogens with zero attached hydrogens (tertiary/aromatic N) is 1. The number of carbonyl (C=O) groups is 1. The van der Waals surface area contributed by atoms with Gasteiger partial charge in [-0.25, -0.2) is 0 Å². The van der Waals surface area contributed by atoms with Crippen molar-refractivity contribution in [2.45, 2.75) is 51.6 Å². The second kappa shape index (κ2) is 5.85. The van der Waals surface area contributed by atoms with Crippen LogP contribution in [0, 0.1) is 0 Å². The molecule has 2 atom stereocenters. The molecule has 2 N–H and O–H groups in total. The Balaban J connectivity index is 2.17. The Morgan fingerprint density at radius 1 is 1.61 bits per heavy atom. The molecular formula is C14H22N2OS. The molecule has 3 nitrogen and oxygen atoms in total. The summed E-state index contributed by atoms with van der Waals surface area (Å²) < 4.78 is 0. The van der Waals surface area contributed by atoms with E-state index in [1.807, 2.05) is 16.2 Å². The molecule has 0 fully saturated rings. The third-order valence-corrected chi connectivity index (χ3v) is 4.68. The lowest BCUT2D eigenvalue weighted by Gasteiger charge is -2.37. The standard InChI is InChI=1S/C14H22N2OS/c1-3-5-11(15)14(17)16-8-6-13-10(7-9-18-13)12(16)4-2/h7,9,11-12H,3-6,8,15H2,1-2H3. The van der Waals surface area contributed by atoms with E-state index >= 15 is 0 Å². The van der Waals surface area contributed by atoms with Gasteiger partial charge in [0, 0.05) is 11.4 Å². The zero-order valence-corrected chi connectivity index (χ0v) is 12.0. The minimum Gasteiger partial charge on any atom is -0.334 e. The Labute approximate surface area is 113 Å². The van der Waals surface area contributed by atoms with Crippen LogP contribution in [0.5, 0.6) is 0 Å². The van der Waals surface area contributed by atoms with Gasteiger partial charge in [-0.05, 0) is 36.3 Å². The van der Waals surface area contributed by atoms with E-state index in [4.69, 9.17) is 5.73 Å². The van der Waals surface area contributed by atoms with Crippen molar-refractivity contribution in [1.82, 2.24) is 4.90 Å². The molecule has 0 spiro atoms. The number of nitrogens with two attached hydrogens (primary N) is 1. The first-order valence-electron chi connectivity index (χ1n) is 6.81. The molecule has 0 bridgehead atoms. The lowest BCUT2D eigenvalue weighted by Crippen LogP contribution is -2.47. The van der Waals surface area contributed by atoms with Gasteiger partial charge < -0.3 is 10.6 Å². The summed E-state index contributed by atoms with van der Waals surface area (Å²) in [6, 6.07) is 2.07. The van der Waals surface area contributed by atoms with Crippen molar-refractivity contribution in [3.8, 4) is 0 Å². The van der Waals surface area contributed by atoms with Gasteiger partial charge in [0.1, 0.15) is 0 Å². The number of fused-ring (bicyclic) bond motifs is 1. The fourth-order valence-electron chi connectivity index (χ4n) is 2.75. The molecule has 18 heavy (non-hydrogen) atoms. The Hall–Kier alpha value is -0.870. The molecule has 0 radical (unpaired) electrons. The second-order valence-corrected chi connectivity index (χ2v) is 5.90. The maximum atomic E-state index is 12.4. The van der Waals surface area contributed by atoms with Crippen LogP contribution in [0.4, 0.5) is 0 Å². The Bertz CT molecular complexity index is 416. The Morgan fingerprint density at radius 3 is 3.06 bits per heavy atom. The summed E-state index contributed by atoms with van der Waals surface area (Å²) in [4.78, 5) is 15.8. The van der Waals surface area contributed by atoms with E-state index in [-0.39, 0.29) is 18.0 Å². The van der Waals surface area contributed by atoms with Crippen molar-refractivity contribution < 1.29 is 4.79 Å². The smallest absolute Gasteiger partial charge is 0.240 e. The van der Waals surface area contributed by atoms with E-state index in [0.29, 0.717) is 0 Å². The third-order valence-electron chi connectivity index (χ3n) is 3.68. The summed E-state index contributed by atoms with van der Waals surface area (Å²) in [7, 11) is 0. The monoisotopic (exact) mass is 266 g/mol. The highest BCUT2D eigenvalue weighted by Gasteiger charge is 2.32. The van der Waals surface area contributed by atoms with Crippen LogP contribution in [0.2, 0.25) is 0 Å². The van der Waals surface area contributed by atoms with Crippen LogP contribution in [0.1, 0.15) is 49.6 Å². The van der Waals surface area contributed by atoms with Gasteiger partial charge in [0.25, 0.3) is 0 Å².